The van der Waals surface area contributed by atoms with Gasteiger partial charge in [-0.25, -0.2) is 0 Å². The van der Waals surface area contributed by atoms with Gasteiger partial charge in [0.15, 0.2) is 0 Å². The SMILES string of the molecule is CCc1ccccc1C(Cc1cccc(Oc2ccccc2)c1)C(=O)O. The van der Waals surface area contributed by atoms with Crippen molar-refractivity contribution in [2.45, 2.75) is 25.7 Å². The number of aryl methyl sites for hydroxylation is 1. The van der Waals surface area contributed by atoms with Crippen molar-refractivity contribution < 1.29 is 14.6 Å². The zero-order valence-electron chi connectivity index (χ0n) is 14.8. The number of carbonyl (C=O) groups is 1. The summed E-state index contributed by atoms with van der Waals surface area (Å²) in [7, 11) is 0. The first kappa shape index (κ1) is 17.7. The van der Waals surface area contributed by atoms with Crippen LogP contribution in [0.25, 0.3) is 0 Å². The molecule has 0 saturated heterocycles. The molecule has 0 radical (unpaired) electrons. The van der Waals surface area contributed by atoms with Crippen LogP contribution in [0.4, 0.5) is 0 Å². The Hall–Kier alpha value is -3.07. The third-order valence-electron chi connectivity index (χ3n) is 4.43. The molecular weight excluding hydrogens is 324 g/mol. The highest BCUT2D eigenvalue weighted by molar-refractivity contribution is 5.77. The Labute approximate surface area is 153 Å². The molecule has 26 heavy (non-hydrogen) atoms. The summed E-state index contributed by atoms with van der Waals surface area (Å²) in [6.07, 6.45) is 1.25. The van der Waals surface area contributed by atoms with Crippen LogP contribution in [-0.2, 0) is 17.6 Å². The fourth-order valence-corrected chi connectivity index (χ4v) is 3.12. The van der Waals surface area contributed by atoms with Crippen molar-refractivity contribution in [3.63, 3.8) is 0 Å². The normalized spacial score (nSPS) is 11.7. The lowest BCUT2D eigenvalue weighted by Gasteiger charge is -2.17. The molecule has 1 atom stereocenters. The third-order valence-corrected chi connectivity index (χ3v) is 4.43. The quantitative estimate of drug-likeness (QED) is 0.618. The second kappa shape index (κ2) is 8.34. The van der Waals surface area contributed by atoms with Gasteiger partial charge in [-0.3, -0.25) is 4.79 Å². The zero-order chi connectivity index (χ0) is 18.4. The average molecular weight is 346 g/mol. The van der Waals surface area contributed by atoms with Gasteiger partial charge in [0.25, 0.3) is 0 Å². The van der Waals surface area contributed by atoms with Crippen LogP contribution in [0.3, 0.4) is 0 Å². The molecule has 1 unspecified atom stereocenters. The molecule has 1 N–H and O–H groups in total. The van der Waals surface area contributed by atoms with Gasteiger partial charge in [-0.15, -0.1) is 0 Å². The summed E-state index contributed by atoms with van der Waals surface area (Å²) in [5, 5.41) is 9.78. The fraction of sp³-hybridized carbons (Fsp3) is 0.174. The molecule has 3 aromatic rings. The Morgan fingerprint density at radius 2 is 1.62 bits per heavy atom. The number of hydrogen-bond acceptors (Lipinski definition) is 2. The molecular formula is C23H22O3. The van der Waals surface area contributed by atoms with Crippen molar-refractivity contribution in [2.75, 3.05) is 0 Å². The van der Waals surface area contributed by atoms with E-state index < -0.39 is 11.9 Å². The first-order valence-electron chi connectivity index (χ1n) is 8.80. The molecule has 0 bridgehead atoms. The molecule has 0 amide bonds. The lowest BCUT2D eigenvalue weighted by Crippen LogP contribution is -2.16. The number of hydrogen-bond donors (Lipinski definition) is 1. The summed E-state index contributed by atoms with van der Waals surface area (Å²) in [4.78, 5) is 11.9. The summed E-state index contributed by atoms with van der Waals surface area (Å²) < 4.78 is 5.86. The van der Waals surface area contributed by atoms with Crippen LogP contribution in [0.2, 0.25) is 0 Å². The van der Waals surface area contributed by atoms with Crippen molar-refractivity contribution in [3.05, 3.63) is 95.6 Å². The van der Waals surface area contributed by atoms with Crippen LogP contribution in [0.15, 0.2) is 78.9 Å². The maximum absolute atomic E-state index is 11.9. The number of para-hydroxylation sites is 1. The van der Waals surface area contributed by atoms with E-state index in [1.54, 1.807) is 0 Å². The lowest BCUT2D eigenvalue weighted by atomic mass is 9.88. The van der Waals surface area contributed by atoms with Crippen molar-refractivity contribution in [1.29, 1.82) is 0 Å². The van der Waals surface area contributed by atoms with E-state index in [2.05, 4.69) is 0 Å². The fourth-order valence-electron chi connectivity index (χ4n) is 3.12. The smallest absolute Gasteiger partial charge is 0.311 e. The van der Waals surface area contributed by atoms with Gasteiger partial charge < -0.3 is 9.84 Å². The predicted octanol–water partition coefficient (Wildman–Crippen LogP) is 5.45. The topological polar surface area (TPSA) is 46.5 Å². The number of ether oxygens (including phenoxy) is 1. The van der Waals surface area contributed by atoms with Gasteiger partial charge in [-0.2, -0.15) is 0 Å². The molecule has 3 aromatic carbocycles. The molecule has 0 aliphatic carbocycles. The minimum Gasteiger partial charge on any atom is -0.481 e. The van der Waals surface area contributed by atoms with Gasteiger partial charge in [0.05, 0.1) is 5.92 Å². The Morgan fingerprint density at radius 1 is 0.923 bits per heavy atom. The summed E-state index contributed by atoms with van der Waals surface area (Å²) in [6.45, 7) is 2.05. The van der Waals surface area contributed by atoms with E-state index >= 15 is 0 Å². The lowest BCUT2D eigenvalue weighted by molar-refractivity contribution is -0.138. The molecule has 3 nitrogen and oxygen atoms in total. The summed E-state index contributed by atoms with van der Waals surface area (Å²) in [5.41, 5.74) is 2.91. The van der Waals surface area contributed by atoms with Crippen molar-refractivity contribution >= 4 is 5.97 Å². The average Bonchev–Trinajstić information content (AvgIpc) is 2.67. The first-order chi connectivity index (χ1) is 12.7. The number of benzene rings is 3. The largest absolute Gasteiger partial charge is 0.481 e. The molecule has 0 aliphatic heterocycles. The van der Waals surface area contributed by atoms with E-state index in [0.29, 0.717) is 12.2 Å². The van der Waals surface area contributed by atoms with E-state index in [-0.39, 0.29) is 0 Å². The van der Waals surface area contributed by atoms with E-state index in [4.69, 9.17) is 4.74 Å². The zero-order valence-corrected chi connectivity index (χ0v) is 14.8. The molecule has 0 aliphatic rings. The Kier molecular flexibility index (Phi) is 5.69. The first-order valence-corrected chi connectivity index (χ1v) is 8.80. The molecule has 0 spiro atoms. The Morgan fingerprint density at radius 3 is 2.35 bits per heavy atom. The van der Waals surface area contributed by atoms with E-state index in [0.717, 1.165) is 28.9 Å². The highest BCUT2D eigenvalue weighted by Gasteiger charge is 2.22. The van der Waals surface area contributed by atoms with Crippen molar-refractivity contribution in [1.82, 2.24) is 0 Å². The highest BCUT2D eigenvalue weighted by Crippen LogP contribution is 2.28. The van der Waals surface area contributed by atoms with Gasteiger partial charge >= 0.3 is 5.97 Å². The summed E-state index contributed by atoms with van der Waals surface area (Å²) in [6, 6.07) is 25.0. The van der Waals surface area contributed by atoms with Gasteiger partial charge in [-0.1, -0.05) is 61.5 Å². The third kappa shape index (κ3) is 4.31. The van der Waals surface area contributed by atoms with Crippen LogP contribution in [-0.4, -0.2) is 11.1 Å². The van der Waals surface area contributed by atoms with Crippen LogP contribution in [0, 0.1) is 0 Å². The molecule has 3 rings (SSSR count). The van der Waals surface area contributed by atoms with Crippen molar-refractivity contribution in [2.24, 2.45) is 0 Å². The van der Waals surface area contributed by atoms with E-state index in [9.17, 15) is 9.90 Å². The van der Waals surface area contributed by atoms with Gasteiger partial charge in [-0.05, 0) is 53.8 Å². The molecule has 132 valence electrons. The van der Waals surface area contributed by atoms with E-state index in [1.807, 2.05) is 85.8 Å². The van der Waals surface area contributed by atoms with E-state index in [1.165, 1.54) is 0 Å². The number of aliphatic carboxylic acids is 1. The number of carboxylic acids is 1. The number of rotatable bonds is 7. The summed E-state index contributed by atoms with van der Waals surface area (Å²) in [5.74, 6) is 0.0933. The van der Waals surface area contributed by atoms with Crippen molar-refractivity contribution in [3.8, 4) is 11.5 Å². The maximum atomic E-state index is 11.9. The Balaban J connectivity index is 1.84. The van der Waals surface area contributed by atoms with Crippen LogP contribution in [0.5, 0.6) is 11.5 Å². The molecule has 0 fully saturated rings. The second-order valence-corrected chi connectivity index (χ2v) is 6.21. The van der Waals surface area contributed by atoms with Gasteiger partial charge in [0.2, 0.25) is 0 Å². The Bertz CT molecular complexity index is 871. The van der Waals surface area contributed by atoms with Crippen LogP contribution >= 0.6 is 0 Å². The van der Waals surface area contributed by atoms with Crippen LogP contribution < -0.4 is 4.74 Å². The van der Waals surface area contributed by atoms with Gasteiger partial charge in [0.1, 0.15) is 11.5 Å². The maximum Gasteiger partial charge on any atom is 0.311 e. The minimum atomic E-state index is -0.805. The monoisotopic (exact) mass is 346 g/mol. The molecule has 0 aromatic heterocycles. The second-order valence-electron chi connectivity index (χ2n) is 6.21. The number of carboxylic acid groups (broad SMARTS) is 1. The molecule has 0 heterocycles. The predicted molar refractivity (Wildman–Crippen MR) is 103 cm³/mol. The molecule has 3 heteroatoms. The minimum absolute atomic E-state index is 0.429. The highest BCUT2D eigenvalue weighted by atomic mass is 16.5. The molecule has 0 saturated carbocycles. The standard InChI is InChI=1S/C23H22O3/c1-2-18-10-6-7-14-21(18)22(23(24)25)16-17-9-8-13-20(15-17)26-19-11-4-3-5-12-19/h3-15,22H,2,16H2,1H3,(H,24,25). The van der Waals surface area contributed by atoms with Crippen LogP contribution in [0.1, 0.15) is 29.5 Å². The van der Waals surface area contributed by atoms with Gasteiger partial charge in [0, 0.05) is 0 Å². The summed E-state index contributed by atoms with van der Waals surface area (Å²) >= 11 is 0.